The molecule has 1 aromatic carbocycles. The molecule has 0 atom stereocenters. The zero-order valence-electron chi connectivity index (χ0n) is 12.0. The summed E-state index contributed by atoms with van der Waals surface area (Å²) >= 11 is 7.62. The lowest BCUT2D eigenvalue weighted by molar-refractivity contribution is 0.405. The summed E-state index contributed by atoms with van der Waals surface area (Å²) in [4.78, 5) is 9.89. The molecule has 0 fully saturated rings. The van der Waals surface area contributed by atoms with E-state index in [4.69, 9.17) is 16.3 Å². The van der Waals surface area contributed by atoms with Crippen LogP contribution in [0.1, 0.15) is 26.6 Å². The summed E-state index contributed by atoms with van der Waals surface area (Å²) in [7, 11) is 1.66. The minimum absolute atomic E-state index is 0.138. The maximum absolute atomic E-state index is 6.10. The molecule has 0 N–H and O–H groups in total. The highest BCUT2D eigenvalue weighted by atomic mass is 35.5. The first-order valence-corrected chi connectivity index (χ1v) is 7.45. The van der Waals surface area contributed by atoms with Crippen molar-refractivity contribution in [3.05, 3.63) is 41.3 Å². The lowest BCUT2D eigenvalue weighted by Gasteiger charge is -2.17. The number of benzene rings is 1. The number of rotatable bonds is 3. The molecule has 3 nitrogen and oxygen atoms in total. The Morgan fingerprint density at radius 3 is 2.50 bits per heavy atom. The predicted molar refractivity (Wildman–Crippen MR) is 82.9 cm³/mol. The van der Waals surface area contributed by atoms with Gasteiger partial charge in [0.05, 0.1) is 12.0 Å². The van der Waals surface area contributed by atoms with E-state index in [0.29, 0.717) is 5.15 Å². The fraction of sp³-hybridized carbons (Fsp3) is 0.333. The van der Waals surface area contributed by atoms with Gasteiger partial charge in [-0.1, -0.05) is 56.3 Å². The molecule has 5 heteroatoms. The highest BCUT2D eigenvalue weighted by molar-refractivity contribution is 7.99. The SMILES string of the molecule is COc1ccccc1Sc1cc(Cl)nc(C(C)(C)C)n1. The van der Waals surface area contributed by atoms with Gasteiger partial charge in [0.15, 0.2) is 0 Å². The van der Waals surface area contributed by atoms with Gasteiger partial charge in [-0.2, -0.15) is 0 Å². The third kappa shape index (κ3) is 3.64. The Bertz CT molecular complexity index is 611. The van der Waals surface area contributed by atoms with Crippen LogP contribution in [0.5, 0.6) is 5.75 Å². The van der Waals surface area contributed by atoms with Crippen LogP contribution >= 0.6 is 23.4 Å². The monoisotopic (exact) mass is 308 g/mol. The van der Waals surface area contributed by atoms with E-state index in [1.165, 1.54) is 11.8 Å². The Morgan fingerprint density at radius 1 is 1.15 bits per heavy atom. The zero-order chi connectivity index (χ0) is 14.8. The van der Waals surface area contributed by atoms with E-state index < -0.39 is 0 Å². The molecule has 0 saturated heterocycles. The van der Waals surface area contributed by atoms with Gasteiger partial charge in [0.2, 0.25) is 0 Å². The lowest BCUT2D eigenvalue weighted by Crippen LogP contribution is -2.16. The van der Waals surface area contributed by atoms with Gasteiger partial charge in [-0.3, -0.25) is 0 Å². The van der Waals surface area contributed by atoms with Crippen LogP contribution in [0.25, 0.3) is 0 Å². The standard InChI is InChI=1S/C15H17ClN2OS/c1-15(2,3)14-17-12(16)9-13(18-14)20-11-8-6-5-7-10(11)19-4/h5-9H,1-4H3. The second-order valence-corrected chi connectivity index (χ2v) is 6.80. The van der Waals surface area contributed by atoms with Crippen molar-refractivity contribution in [2.75, 3.05) is 7.11 Å². The summed E-state index contributed by atoms with van der Waals surface area (Å²) in [6.45, 7) is 6.20. The third-order valence-corrected chi connectivity index (χ3v) is 3.79. The van der Waals surface area contributed by atoms with Crippen molar-refractivity contribution in [3.63, 3.8) is 0 Å². The number of hydrogen-bond acceptors (Lipinski definition) is 4. The summed E-state index contributed by atoms with van der Waals surface area (Å²) in [6, 6.07) is 9.61. The molecule has 1 heterocycles. The van der Waals surface area contributed by atoms with E-state index in [-0.39, 0.29) is 5.41 Å². The molecule has 0 aliphatic carbocycles. The fourth-order valence-corrected chi connectivity index (χ4v) is 2.78. The first kappa shape index (κ1) is 15.1. The molecule has 0 radical (unpaired) electrons. The molecular weight excluding hydrogens is 292 g/mol. The molecule has 0 amide bonds. The van der Waals surface area contributed by atoms with Crippen LogP contribution < -0.4 is 4.74 Å². The quantitative estimate of drug-likeness (QED) is 0.777. The van der Waals surface area contributed by atoms with Gasteiger partial charge in [-0.25, -0.2) is 9.97 Å². The van der Waals surface area contributed by atoms with E-state index in [9.17, 15) is 0 Å². The Labute approximate surface area is 128 Å². The fourth-order valence-electron chi connectivity index (χ4n) is 1.60. The molecule has 0 unspecified atom stereocenters. The normalized spacial score (nSPS) is 11.4. The van der Waals surface area contributed by atoms with E-state index in [2.05, 4.69) is 30.7 Å². The van der Waals surface area contributed by atoms with Crippen molar-refractivity contribution in [2.24, 2.45) is 0 Å². The number of halogens is 1. The first-order chi connectivity index (χ1) is 9.40. The number of ether oxygens (including phenoxy) is 1. The van der Waals surface area contributed by atoms with Crippen molar-refractivity contribution in [1.29, 1.82) is 0 Å². The third-order valence-electron chi connectivity index (χ3n) is 2.63. The largest absolute Gasteiger partial charge is 0.496 e. The van der Waals surface area contributed by atoms with Crippen molar-refractivity contribution in [3.8, 4) is 5.75 Å². The molecule has 20 heavy (non-hydrogen) atoms. The van der Waals surface area contributed by atoms with Gasteiger partial charge in [-0.15, -0.1) is 0 Å². The summed E-state index contributed by atoms with van der Waals surface area (Å²) < 4.78 is 5.35. The number of para-hydroxylation sites is 1. The van der Waals surface area contributed by atoms with Gasteiger partial charge in [0.25, 0.3) is 0 Å². The van der Waals surface area contributed by atoms with Crippen molar-refractivity contribution >= 4 is 23.4 Å². The van der Waals surface area contributed by atoms with E-state index in [1.54, 1.807) is 13.2 Å². The minimum Gasteiger partial charge on any atom is -0.496 e. The van der Waals surface area contributed by atoms with Crippen LogP contribution in [-0.2, 0) is 5.41 Å². The first-order valence-electron chi connectivity index (χ1n) is 6.26. The molecular formula is C15H17ClN2OS. The van der Waals surface area contributed by atoms with Gasteiger partial charge in [0, 0.05) is 11.5 Å². The summed E-state index contributed by atoms with van der Waals surface area (Å²) in [5.74, 6) is 1.56. The van der Waals surface area contributed by atoms with Crippen molar-refractivity contribution < 1.29 is 4.74 Å². The van der Waals surface area contributed by atoms with Crippen LogP contribution in [0.4, 0.5) is 0 Å². The summed E-state index contributed by atoms with van der Waals surface area (Å²) in [5.41, 5.74) is -0.138. The summed E-state index contributed by atoms with van der Waals surface area (Å²) in [5, 5.41) is 1.28. The van der Waals surface area contributed by atoms with Crippen LogP contribution in [0.15, 0.2) is 40.3 Å². The van der Waals surface area contributed by atoms with E-state index in [0.717, 1.165) is 21.5 Å². The molecule has 2 aromatic rings. The van der Waals surface area contributed by atoms with E-state index >= 15 is 0 Å². The van der Waals surface area contributed by atoms with E-state index in [1.807, 2.05) is 24.3 Å². The number of nitrogens with zero attached hydrogens (tertiary/aromatic N) is 2. The van der Waals surface area contributed by atoms with Gasteiger partial charge in [-0.05, 0) is 12.1 Å². The van der Waals surface area contributed by atoms with Crippen molar-refractivity contribution in [2.45, 2.75) is 36.1 Å². The predicted octanol–water partition coefficient (Wildman–Crippen LogP) is 4.59. The molecule has 0 saturated carbocycles. The number of hydrogen-bond donors (Lipinski definition) is 0. The highest BCUT2D eigenvalue weighted by Gasteiger charge is 2.19. The van der Waals surface area contributed by atoms with Gasteiger partial charge in [0.1, 0.15) is 21.8 Å². The van der Waals surface area contributed by atoms with Crippen LogP contribution in [0, 0.1) is 0 Å². The maximum atomic E-state index is 6.10. The van der Waals surface area contributed by atoms with Gasteiger partial charge >= 0.3 is 0 Å². The molecule has 1 aromatic heterocycles. The smallest absolute Gasteiger partial charge is 0.136 e. The summed E-state index contributed by atoms with van der Waals surface area (Å²) in [6.07, 6.45) is 0. The topological polar surface area (TPSA) is 35.0 Å². The average Bonchev–Trinajstić information content (AvgIpc) is 2.37. The van der Waals surface area contributed by atoms with Crippen LogP contribution in [0.2, 0.25) is 5.15 Å². The van der Waals surface area contributed by atoms with Gasteiger partial charge < -0.3 is 4.74 Å². The Balaban J connectivity index is 2.36. The van der Waals surface area contributed by atoms with Crippen molar-refractivity contribution in [1.82, 2.24) is 9.97 Å². The second-order valence-electron chi connectivity index (χ2n) is 5.36. The molecule has 0 bridgehead atoms. The van der Waals surface area contributed by atoms with Crippen LogP contribution in [-0.4, -0.2) is 17.1 Å². The number of methoxy groups -OCH3 is 1. The Morgan fingerprint density at radius 2 is 1.85 bits per heavy atom. The van der Waals surface area contributed by atoms with Crippen LogP contribution in [0.3, 0.4) is 0 Å². The lowest BCUT2D eigenvalue weighted by atomic mass is 9.96. The zero-order valence-corrected chi connectivity index (χ0v) is 13.5. The number of aromatic nitrogens is 2. The molecule has 2 rings (SSSR count). The maximum Gasteiger partial charge on any atom is 0.136 e. The second kappa shape index (κ2) is 6.02. The molecule has 0 aliphatic rings. The Kier molecular flexibility index (Phi) is 4.55. The molecule has 0 spiro atoms. The molecule has 0 aliphatic heterocycles. The average molecular weight is 309 g/mol. The molecule has 106 valence electrons. The highest BCUT2D eigenvalue weighted by Crippen LogP contribution is 2.35. The Hall–Kier alpha value is -1.26. The minimum atomic E-state index is -0.138.